The van der Waals surface area contributed by atoms with Crippen molar-refractivity contribution < 1.29 is 23.8 Å². The zero-order valence-corrected chi connectivity index (χ0v) is 16.7. The topological polar surface area (TPSA) is 63.6 Å². The molecule has 0 amide bonds. The minimum Gasteiger partial charge on any atom is -0.489 e. The quantitative estimate of drug-likeness (QED) is 0.474. The Bertz CT molecular complexity index is 1040. The van der Waals surface area contributed by atoms with Crippen LogP contribution in [0, 0.1) is 12.7 Å². The van der Waals surface area contributed by atoms with Gasteiger partial charge in [-0.3, -0.25) is 9.59 Å². The molecule has 3 aromatic carbocycles. The molecule has 0 aliphatic heterocycles. The Morgan fingerprint density at radius 3 is 2.47 bits per heavy atom. The monoisotopic (exact) mass is 406 g/mol. The summed E-state index contributed by atoms with van der Waals surface area (Å²) in [6, 6.07) is 20.6. The largest absolute Gasteiger partial charge is 0.489 e. The van der Waals surface area contributed by atoms with Gasteiger partial charge in [0, 0.05) is 23.5 Å². The molecule has 1 N–H and O–H groups in total. The minimum atomic E-state index is -0.941. The maximum absolute atomic E-state index is 13.8. The van der Waals surface area contributed by atoms with E-state index in [1.165, 1.54) is 6.07 Å². The Kier molecular flexibility index (Phi) is 6.96. The molecule has 0 heterocycles. The Morgan fingerprint density at radius 1 is 1.00 bits per heavy atom. The first-order chi connectivity index (χ1) is 14.5. The van der Waals surface area contributed by atoms with E-state index in [-0.39, 0.29) is 31.0 Å². The number of aliphatic carboxylic acids is 1. The molecule has 154 valence electrons. The Balaban J connectivity index is 1.82. The summed E-state index contributed by atoms with van der Waals surface area (Å²) < 4.78 is 19.5. The van der Waals surface area contributed by atoms with E-state index in [9.17, 15) is 14.0 Å². The number of carbonyl (C=O) groups is 2. The lowest BCUT2D eigenvalue weighted by Crippen LogP contribution is -2.16. The summed E-state index contributed by atoms with van der Waals surface area (Å²) in [5, 5.41) is 9.11. The van der Waals surface area contributed by atoms with Crippen molar-refractivity contribution >= 4 is 11.8 Å². The van der Waals surface area contributed by atoms with Crippen LogP contribution in [0.3, 0.4) is 0 Å². The fourth-order valence-electron chi connectivity index (χ4n) is 3.39. The van der Waals surface area contributed by atoms with Gasteiger partial charge in [0.1, 0.15) is 18.2 Å². The maximum atomic E-state index is 13.8. The number of aryl methyl sites for hydroxylation is 1. The molecule has 0 saturated carbocycles. The van der Waals surface area contributed by atoms with Gasteiger partial charge in [-0.05, 0) is 42.7 Å². The molecule has 0 aromatic heterocycles. The van der Waals surface area contributed by atoms with Crippen molar-refractivity contribution in [1.29, 1.82) is 0 Å². The second kappa shape index (κ2) is 9.83. The van der Waals surface area contributed by atoms with Gasteiger partial charge in [0.05, 0.1) is 0 Å². The van der Waals surface area contributed by atoms with Gasteiger partial charge in [-0.25, -0.2) is 4.39 Å². The molecule has 4 nitrogen and oxygen atoms in total. The SMILES string of the molecule is Cc1ccccc1[C@H](CCC(=O)O)C(=O)c1cccc(OCc2ccccc2F)c1. The van der Waals surface area contributed by atoms with Crippen LogP contribution >= 0.6 is 0 Å². The van der Waals surface area contributed by atoms with Crippen LogP contribution in [0.1, 0.15) is 45.8 Å². The van der Waals surface area contributed by atoms with Crippen LogP contribution in [0.25, 0.3) is 0 Å². The van der Waals surface area contributed by atoms with Gasteiger partial charge >= 0.3 is 5.97 Å². The number of carbonyl (C=O) groups excluding carboxylic acids is 1. The molecule has 5 heteroatoms. The van der Waals surface area contributed by atoms with Gasteiger partial charge in [0.25, 0.3) is 0 Å². The number of Topliss-reactive ketones (excluding diaryl/α,β-unsaturated/α-hetero) is 1. The van der Waals surface area contributed by atoms with Crippen LogP contribution < -0.4 is 4.74 Å². The van der Waals surface area contributed by atoms with Crippen LogP contribution in [0.5, 0.6) is 5.75 Å². The van der Waals surface area contributed by atoms with E-state index in [1.807, 2.05) is 31.2 Å². The lowest BCUT2D eigenvalue weighted by molar-refractivity contribution is -0.137. The third kappa shape index (κ3) is 5.32. The summed E-state index contributed by atoms with van der Waals surface area (Å²) in [5.41, 5.74) is 2.61. The highest BCUT2D eigenvalue weighted by molar-refractivity contribution is 6.01. The van der Waals surface area contributed by atoms with Crippen molar-refractivity contribution in [1.82, 2.24) is 0 Å². The van der Waals surface area contributed by atoms with Crippen LogP contribution in [0.15, 0.2) is 72.8 Å². The highest BCUT2D eigenvalue weighted by Gasteiger charge is 2.24. The maximum Gasteiger partial charge on any atom is 0.303 e. The van der Waals surface area contributed by atoms with Crippen LogP contribution in [-0.4, -0.2) is 16.9 Å². The second-order valence-electron chi connectivity index (χ2n) is 7.11. The van der Waals surface area contributed by atoms with Crippen molar-refractivity contribution in [3.8, 4) is 5.75 Å². The van der Waals surface area contributed by atoms with Gasteiger partial charge in [-0.15, -0.1) is 0 Å². The Hall–Kier alpha value is -3.47. The summed E-state index contributed by atoms with van der Waals surface area (Å²) in [4.78, 5) is 24.4. The summed E-state index contributed by atoms with van der Waals surface area (Å²) in [7, 11) is 0. The average molecular weight is 406 g/mol. The standard InChI is InChI=1S/C25H23FO4/c1-17-7-2-4-11-21(17)22(13-14-24(27)28)25(29)18-9-6-10-20(15-18)30-16-19-8-3-5-12-23(19)26/h2-12,15,22H,13-14,16H2,1H3,(H,27,28)/t22-/m0/s1. The lowest BCUT2D eigenvalue weighted by Gasteiger charge is -2.18. The number of benzene rings is 3. The Labute approximate surface area is 174 Å². The minimum absolute atomic E-state index is 0.0462. The number of carboxylic acid groups (broad SMARTS) is 1. The summed E-state index contributed by atoms with van der Waals surface area (Å²) in [5.74, 6) is -1.57. The molecule has 1 atom stereocenters. The number of rotatable bonds is 9. The molecular formula is C25H23FO4. The number of hydrogen-bond donors (Lipinski definition) is 1. The summed E-state index contributed by atoms with van der Waals surface area (Å²) >= 11 is 0. The highest BCUT2D eigenvalue weighted by atomic mass is 19.1. The third-order valence-electron chi connectivity index (χ3n) is 5.00. The number of hydrogen-bond acceptors (Lipinski definition) is 3. The fraction of sp³-hybridized carbons (Fsp3) is 0.200. The number of ether oxygens (including phenoxy) is 1. The van der Waals surface area contributed by atoms with Crippen molar-refractivity contribution in [2.75, 3.05) is 0 Å². The number of ketones is 1. The fourth-order valence-corrected chi connectivity index (χ4v) is 3.39. The zero-order valence-electron chi connectivity index (χ0n) is 16.7. The lowest BCUT2D eigenvalue weighted by atomic mass is 9.85. The van der Waals surface area contributed by atoms with E-state index in [0.717, 1.165) is 11.1 Å². The van der Waals surface area contributed by atoms with Gasteiger partial charge in [-0.1, -0.05) is 54.6 Å². The molecule has 0 saturated heterocycles. The van der Waals surface area contributed by atoms with Crippen molar-refractivity contribution in [2.24, 2.45) is 0 Å². The van der Waals surface area contributed by atoms with E-state index in [1.54, 1.807) is 42.5 Å². The Morgan fingerprint density at radius 2 is 1.73 bits per heavy atom. The summed E-state index contributed by atoms with van der Waals surface area (Å²) in [6.07, 6.45) is 0.105. The van der Waals surface area contributed by atoms with Crippen LogP contribution in [-0.2, 0) is 11.4 Å². The van der Waals surface area contributed by atoms with Crippen molar-refractivity contribution in [3.63, 3.8) is 0 Å². The van der Waals surface area contributed by atoms with E-state index < -0.39 is 11.9 Å². The molecule has 0 aliphatic rings. The smallest absolute Gasteiger partial charge is 0.303 e. The summed E-state index contributed by atoms with van der Waals surface area (Å²) in [6.45, 7) is 1.95. The van der Waals surface area contributed by atoms with Crippen LogP contribution in [0.2, 0.25) is 0 Å². The molecule has 0 fully saturated rings. The first-order valence-electron chi connectivity index (χ1n) is 9.73. The number of carboxylic acids is 1. The van der Waals surface area contributed by atoms with Gasteiger partial charge in [0.15, 0.2) is 5.78 Å². The van der Waals surface area contributed by atoms with Gasteiger partial charge < -0.3 is 9.84 Å². The van der Waals surface area contributed by atoms with Gasteiger partial charge in [-0.2, -0.15) is 0 Å². The second-order valence-corrected chi connectivity index (χ2v) is 7.11. The van der Waals surface area contributed by atoms with Crippen LogP contribution in [0.4, 0.5) is 4.39 Å². The first-order valence-corrected chi connectivity index (χ1v) is 9.73. The van der Waals surface area contributed by atoms with E-state index >= 15 is 0 Å². The molecule has 30 heavy (non-hydrogen) atoms. The third-order valence-corrected chi connectivity index (χ3v) is 5.00. The molecule has 0 bridgehead atoms. The molecule has 0 aliphatic carbocycles. The van der Waals surface area contributed by atoms with Crippen molar-refractivity contribution in [2.45, 2.75) is 32.3 Å². The molecule has 0 spiro atoms. The molecule has 3 aromatic rings. The first kappa shape index (κ1) is 21.2. The zero-order chi connectivity index (χ0) is 21.5. The predicted octanol–water partition coefficient (Wildman–Crippen LogP) is 5.54. The number of halogens is 1. The average Bonchev–Trinajstić information content (AvgIpc) is 2.74. The predicted molar refractivity (Wildman–Crippen MR) is 112 cm³/mol. The molecular weight excluding hydrogens is 383 g/mol. The highest BCUT2D eigenvalue weighted by Crippen LogP contribution is 2.29. The molecule has 0 unspecified atom stereocenters. The molecule has 3 rings (SSSR count). The molecule has 0 radical (unpaired) electrons. The van der Waals surface area contributed by atoms with E-state index in [0.29, 0.717) is 16.9 Å². The van der Waals surface area contributed by atoms with E-state index in [2.05, 4.69) is 0 Å². The van der Waals surface area contributed by atoms with Crippen molar-refractivity contribution in [3.05, 3.63) is 101 Å². The normalized spacial score (nSPS) is 11.7. The van der Waals surface area contributed by atoms with E-state index in [4.69, 9.17) is 9.84 Å². The van der Waals surface area contributed by atoms with Gasteiger partial charge in [0.2, 0.25) is 0 Å².